The molecule has 1 aromatic rings. The summed E-state index contributed by atoms with van der Waals surface area (Å²) in [4.78, 5) is 13.5. The van der Waals surface area contributed by atoms with Crippen molar-refractivity contribution in [2.24, 2.45) is 5.92 Å². The SMILES string of the molecule is CCn1nccc1CN(C)C(=O)C1CC1. The van der Waals surface area contributed by atoms with Crippen molar-refractivity contribution in [2.75, 3.05) is 7.05 Å². The van der Waals surface area contributed by atoms with Gasteiger partial charge in [-0.25, -0.2) is 0 Å². The molecule has 4 heteroatoms. The summed E-state index contributed by atoms with van der Waals surface area (Å²) in [7, 11) is 1.87. The lowest BCUT2D eigenvalue weighted by atomic mass is 10.3. The van der Waals surface area contributed by atoms with Crippen LogP contribution in [-0.4, -0.2) is 27.6 Å². The predicted octanol–water partition coefficient (Wildman–Crippen LogP) is 1.27. The first-order chi connectivity index (χ1) is 7.22. The Bertz CT molecular complexity index is 354. The number of aryl methyl sites for hydroxylation is 1. The monoisotopic (exact) mass is 207 g/mol. The summed E-state index contributed by atoms with van der Waals surface area (Å²) in [5.74, 6) is 0.576. The van der Waals surface area contributed by atoms with Gasteiger partial charge in [0.05, 0.1) is 12.2 Å². The van der Waals surface area contributed by atoms with E-state index in [1.165, 1.54) is 0 Å². The van der Waals surface area contributed by atoms with Crippen LogP contribution in [0.25, 0.3) is 0 Å². The highest BCUT2D eigenvalue weighted by Gasteiger charge is 2.32. The lowest BCUT2D eigenvalue weighted by Gasteiger charge is -2.17. The van der Waals surface area contributed by atoms with Crippen molar-refractivity contribution in [3.8, 4) is 0 Å². The van der Waals surface area contributed by atoms with E-state index in [2.05, 4.69) is 12.0 Å². The summed E-state index contributed by atoms with van der Waals surface area (Å²) in [6.45, 7) is 3.58. The molecule has 0 aliphatic heterocycles. The fourth-order valence-electron chi connectivity index (χ4n) is 1.74. The lowest BCUT2D eigenvalue weighted by Crippen LogP contribution is -2.28. The molecule has 0 unspecified atom stereocenters. The van der Waals surface area contributed by atoms with Gasteiger partial charge in [-0.05, 0) is 25.8 Å². The molecule has 82 valence electrons. The van der Waals surface area contributed by atoms with Crippen LogP contribution in [0, 0.1) is 5.92 Å². The number of carbonyl (C=O) groups is 1. The molecule has 0 spiro atoms. The Morgan fingerprint density at radius 2 is 2.40 bits per heavy atom. The van der Waals surface area contributed by atoms with Gasteiger partial charge in [0, 0.05) is 25.7 Å². The number of aromatic nitrogens is 2. The molecule has 0 N–H and O–H groups in total. The van der Waals surface area contributed by atoms with Crippen molar-refractivity contribution in [1.29, 1.82) is 0 Å². The second-order valence-electron chi connectivity index (χ2n) is 4.11. The molecule has 0 atom stereocenters. The largest absolute Gasteiger partial charge is 0.340 e. The van der Waals surface area contributed by atoms with Gasteiger partial charge in [0.1, 0.15) is 0 Å². The Balaban J connectivity index is 1.98. The lowest BCUT2D eigenvalue weighted by molar-refractivity contribution is -0.131. The zero-order valence-electron chi connectivity index (χ0n) is 9.31. The summed E-state index contributed by atoms with van der Waals surface area (Å²) in [6.07, 6.45) is 3.92. The summed E-state index contributed by atoms with van der Waals surface area (Å²) >= 11 is 0. The molecule has 1 aliphatic carbocycles. The zero-order valence-corrected chi connectivity index (χ0v) is 9.31. The zero-order chi connectivity index (χ0) is 10.8. The van der Waals surface area contributed by atoms with Gasteiger partial charge in [-0.2, -0.15) is 5.10 Å². The van der Waals surface area contributed by atoms with Gasteiger partial charge in [-0.15, -0.1) is 0 Å². The van der Waals surface area contributed by atoms with Gasteiger partial charge < -0.3 is 4.90 Å². The van der Waals surface area contributed by atoms with E-state index in [-0.39, 0.29) is 5.91 Å². The summed E-state index contributed by atoms with van der Waals surface area (Å²) in [6, 6.07) is 1.97. The van der Waals surface area contributed by atoms with Crippen LogP contribution < -0.4 is 0 Å². The highest BCUT2D eigenvalue weighted by molar-refractivity contribution is 5.80. The van der Waals surface area contributed by atoms with E-state index in [1.54, 1.807) is 11.1 Å². The average Bonchev–Trinajstić information content (AvgIpc) is 2.99. The van der Waals surface area contributed by atoms with Gasteiger partial charge in [0.2, 0.25) is 5.91 Å². The molecule has 1 amide bonds. The Labute approximate surface area is 89.9 Å². The van der Waals surface area contributed by atoms with E-state index in [9.17, 15) is 4.79 Å². The summed E-state index contributed by atoms with van der Waals surface area (Å²) < 4.78 is 1.93. The van der Waals surface area contributed by atoms with E-state index >= 15 is 0 Å². The smallest absolute Gasteiger partial charge is 0.225 e. The van der Waals surface area contributed by atoms with Crippen molar-refractivity contribution in [2.45, 2.75) is 32.9 Å². The van der Waals surface area contributed by atoms with E-state index in [0.29, 0.717) is 12.5 Å². The number of carbonyl (C=O) groups excluding carboxylic acids is 1. The molecule has 1 saturated carbocycles. The molecule has 0 saturated heterocycles. The van der Waals surface area contributed by atoms with E-state index < -0.39 is 0 Å². The molecule has 0 radical (unpaired) electrons. The Hall–Kier alpha value is -1.32. The topological polar surface area (TPSA) is 38.1 Å². The highest BCUT2D eigenvalue weighted by Crippen LogP contribution is 2.30. The summed E-state index contributed by atoms with van der Waals surface area (Å²) in [5, 5.41) is 4.19. The van der Waals surface area contributed by atoms with E-state index in [1.807, 2.05) is 17.8 Å². The third-order valence-corrected chi connectivity index (χ3v) is 2.81. The fourth-order valence-corrected chi connectivity index (χ4v) is 1.74. The molecule has 4 nitrogen and oxygen atoms in total. The van der Waals surface area contributed by atoms with Crippen molar-refractivity contribution in [3.63, 3.8) is 0 Å². The summed E-state index contributed by atoms with van der Waals surface area (Å²) in [5.41, 5.74) is 1.11. The van der Waals surface area contributed by atoms with Gasteiger partial charge in [0.15, 0.2) is 0 Å². The van der Waals surface area contributed by atoms with Crippen molar-refractivity contribution in [1.82, 2.24) is 14.7 Å². The van der Waals surface area contributed by atoms with Crippen LogP contribution in [-0.2, 0) is 17.9 Å². The van der Waals surface area contributed by atoms with Crippen LogP contribution in [0.5, 0.6) is 0 Å². The Morgan fingerprint density at radius 3 is 3.00 bits per heavy atom. The van der Waals surface area contributed by atoms with Gasteiger partial charge >= 0.3 is 0 Å². The maximum absolute atomic E-state index is 11.7. The maximum atomic E-state index is 11.7. The molecule has 0 aromatic carbocycles. The standard InChI is InChI=1S/C11H17N3O/c1-3-14-10(6-7-12-14)8-13(2)11(15)9-4-5-9/h6-7,9H,3-5,8H2,1-2H3. The molecular formula is C11H17N3O. The Kier molecular flexibility index (Phi) is 2.75. The van der Waals surface area contributed by atoms with Crippen molar-refractivity contribution in [3.05, 3.63) is 18.0 Å². The molecule has 1 heterocycles. The molecular weight excluding hydrogens is 190 g/mol. The Morgan fingerprint density at radius 1 is 1.67 bits per heavy atom. The van der Waals surface area contributed by atoms with Crippen molar-refractivity contribution >= 4 is 5.91 Å². The first-order valence-electron chi connectivity index (χ1n) is 5.48. The van der Waals surface area contributed by atoms with Gasteiger partial charge in [0.25, 0.3) is 0 Å². The van der Waals surface area contributed by atoms with Gasteiger partial charge in [-0.1, -0.05) is 0 Å². The first kappa shape index (κ1) is 10.2. The van der Waals surface area contributed by atoms with Gasteiger partial charge in [-0.3, -0.25) is 9.48 Å². The van der Waals surface area contributed by atoms with Crippen LogP contribution in [0.3, 0.4) is 0 Å². The van der Waals surface area contributed by atoms with Crippen LogP contribution in [0.1, 0.15) is 25.5 Å². The number of nitrogens with zero attached hydrogens (tertiary/aromatic N) is 3. The first-order valence-corrected chi connectivity index (χ1v) is 5.48. The normalized spacial score (nSPS) is 15.3. The average molecular weight is 207 g/mol. The molecule has 0 bridgehead atoms. The minimum absolute atomic E-state index is 0.277. The number of hydrogen-bond donors (Lipinski definition) is 0. The number of amides is 1. The third-order valence-electron chi connectivity index (χ3n) is 2.81. The second kappa shape index (κ2) is 4.04. The van der Waals surface area contributed by atoms with Crippen molar-refractivity contribution < 1.29 is 4.79 Å². The van der Waals surface area contributed by atoms with E-state index in [4.69, 9.17) is 0 Å². The molecule has 1 aliphatic rings. The predicted molar refractivity (Wildman–Crippen MR) is 57.1 cm³/mol. The number of hydrogen-bond acceptors (Lipinski definition) is 2. The third kappa shape index (κ3) is 2.19. The number of rotatable bonds is 4. The molecule has 2 rings (SSSR count). The van der Waals surface area contributed by atoms with Crippen LogP contribution in [0.2, 0.25) is 0 Å². The molecule has 1 fully saturated rings. The second-order valence-corrected chi connectivity index (χ2v) is 4.11. The van der Waals surface area contributed by atoms with E-state index in [0.717, 1.165) is 25.1 Å². The van der Waals surface area contributed by atoms with Crippen LogP contribution in [0.15, 0.2) is 12.3 Å². The minimum atomic E-state index is 0.277. The maximum Gasteiger partial charge on any atom is 0.225 e. The van der Waals surface area contributed by atoms with Crippen LogP contribution >= 0.6 is 0 Å². The van der Waals surface area contributed by atoms with Crippen LogP contribution in [0.4, 0.5) is 0 Å². The molecule has 15 heavy (non-hydrogen) atoms. The minimum Gasteiger partial charge on any atom is -0.340 e. The quantitative estimate of drug-likeness (QED) is 0.745. The molecule has 1 aromatic heterocycles. The fraction of sp³-hybridized carbons (Fsp3) is 0.636. The highest BCUT2D eigenvalue weighted by atomic mass is 16.2.